The van der Waals surface area contributed by atoms with E-state index in [1.807, 2.05) is 0 Å². The largest absolute Gasteiger partial charge is 0.389 e. The van der Waals surface area contributed by atoms with Crippen molar-refractivity contribution in [1.29, 1.82) is 0 Å². The third-order valence-electron chi connectivity index (χ3n) is 3.08. The van der Waals surface area contributed by atoms with Gasteiger partial charge >= 0.3 is 6.18 Å². The van der Waals surface area contributed by atoms with E-state index < -0.39 is 32.3 Å². The van der Waals surface area contributed by atoms with Gasteiger partial charge in [-0.15, -0.1) is 0 Å². The summed E-state index contributed by atoms with van der Waals surface area (Å²) < 4.78 is 58.0. The molecule has 7 heteroatoms. The fourth-order valence-corrected chi connectivity index (χ4v) is 3.58. The first-order valence-corrected chi connectivity index (χ1v) is 7.41. The van der Waals surface area contributed by atoms with Gasteiger partial charge < -0.3 is 0 Å². The second kappa shape index (κ2) is 4.37. The minimum atomic E-state index is -4.24. The van der Waals surface area contributed by atoms with E-state index in [1.54, 1.807) is 6.92 Å². The first kappa shape index (κ1) is 14.1. The molecule has 1 aliphatic carbocycles. The van der Waals surface area contributed by atoms with Crippen LogP contribution in [0.2, 0.25) is 0 Å². The summed E-state index contributed by atoms with van der Waals surface area (Å²) in [4.78, 5) is 0. The molecule has 1 rings (SSSR count). The highest BCUT2D eigenvalue weighted by Crippen LogP contribution is 2.51. The minimum Gasteiger partial charge on any atom is -0.212 e. The van der Waals surface area contributed by atoms with Gasteiger partial charge in [-0.1, -0.05) is 13.3 Å². The van der Waals surface area contributed by atoms with Crippen LogP contribution >= 0.6 is 10.7 Å². The van der Waals surface area contributed by atoms with Crippen LogP contribution in [-0.4, -0.2) is 19.3 Å². The number of halogens is 4. The highest BCUT2D eigenvalue weighted by molar-refractivity contribution is 8.15. The Bertz CT molecular complexity index is 346. The number of rotatable bonds is 5. The summed E-state index contributed by atoms with van der Waals surface area (Å²) >= 11 is 0. The van der Waals surface area contributed by atoms with E-state index in [-0.39, 0.29) is 6.42 Å². The lowest BCUT2D eigenvalue weighted by Gasteiger charge is -2.21. The molecule has 1 saturated carbocycles. The monoisotopic (exact) mass is 278 g/mol. The quantitative estimate of drug-likeness (QED) is 0.722. The molecule has 1 unspecified atom stereocenters. The molecule has 0 aromatic heterocycles. The van der Waals surface area contributed by atoms with E-state index in [0.29, 0.717) is 19.3 Å². The second-order valence-electron chi connectivity index (χ2n) is 4.42. The topological polar surface area (TPSA) is 34.1 Å². The normalized spacial score (nSPS) is 21.8. The summed E-state index contributed by atoms with van der Waals surface area (Å²) in [5, 5.41) is 0. The Morgan fingerprint density at radius 3 is 2.12 bits per heavy atom. The molecule has 16 heavy (non-hydrogen) atoms. The van der Waals surface area contributed by atoms with Crippen molar-refractivity contribution in [3.05, 3.63) is 0 Å². The summed E-state index contributed by atoms with van der Waals surface area (Å²) in [6, 6.07) is 0. The molecule has 0 spiro atoms. The minimum absolute atomic E-state index is 0.0227. The van der Waals surface area contributed by atoms with Gasteiger partial charge in [0.25, 0.3) is 0 Å². The van der Waals surface area contributed by atoms with Crippen LogP contribution in [0, 0.1) is 5.92 Å². The summed E-state index contributed by atoms with van der Waals surface area (Å²) in [5.74, 6) is -0.656. The van der Waals surface area contributed by atoms with Crippen molar-refractivity contribution in [3.63, 3.8) is 0 Å². The van der Waals surface area contributed by atoms with Gasteiger partial charge in [0.05, 0.1) is 4.75 Å². The Labute approximate surface area is 97.6 Å². The molecule has 0 saturated heterocycles. The highest BCUT2D eigenvalue weighted by Gasteiger charge is 2.55. The molecule has 1 aliphatic rings. The van der Waals surface area contributed by atoms with Crippen LogP contribution in [0.3, 0.4) is 0 Å². The Kier molecular flexibility index (Phi) is 3.85. The molecule has 1 atom stereocenters. The number of alkyl halides is 3. The summed E-state index contributed by atoms with van der Waals surface area (Å²) in [5.41, 5.74) is 0. The van der Waals surface area contributed by atoms with Gasteiger partial charge in [-0.05, 0) is 25.2 Å². The predicted octanol–water partition coefficient (Wildman–Crippen LogP) is 3.46. The molecule has 0 N–H and O–H groups in total. The fourth-order valence-electron chi connectivity index (χ4n) is 1.90. The van der Waals surface area contributed by atoms with Gasteiger partial charge in [0.2, 0.25) is 9.05 Å². The lowest BCUT2D eigenvalue weighted by atomic mass is 9.95. The summed E-state index contributed by atoms with van der Waals surface area (Å²) in [7, 11) is 1.50. The molecule has 0 aromatic carbocycles. The zero-order valence-electron chi connectivity index (χ0n) is 8.85. The van der Waals surface area contributed by atoms with Gasteiger partial charge in [0.15, 0.2) is 0 Å². The summed E-state index contributed by atoms with van der Waals surface area (Å²) in [6.45, 7) is 1.63. The van der Waals surface area contributed by atoms with Crippen molar-refractivity contribution in [2.24, 2.45) is 5.92 Å². The van der Waals surface area contributed by atoms with Crippen LogP contribution in [0.25, 0.3) is 0 Å². The van der Waals surface area contributed by atoms with Crippen LogP contribution in [-0.2, 0) is 9.05 Å². The maximum absolute atomic E-state index is 12.2. The number of hydrogen-bond acceptors (Lipinski definition) is 2. The smallest absolute Gasteiger partial charge is 0.212 e. The highest BCUT2D eigenvalue weighted by atomic mass is 35.7. The van der Waals surface area contributed by atoms with Crippen molar-refractivity contribution < 1.29 is 21.6 Å². The van der Waals surface area contributed by atoms with E-state index in [2.05, 4.69) is 0 Å². The standard InChI is InChI=1S/C9H14ClF3O2S/c1-2-7(6-9(11,12)13)5-8(3-4-8)16(10,14)15/h7H,2-6H2,1H3. The first-order valence-electron chi connectivity index (χ1n) is 5.10. The van der Waals surface area contributed by atoms with Crippen molar-refractivity contribution in [2.75, 3.05) is 0 Å². The van der Waals surface area contributed by atoms with Crippen LogP contribution in [0.4, 0.5) is 13.2 Å². The zero-order chi connectivity index (χ0) is 12.6. The molecular weight excluding hydrogens is 265 g/mol. The molecule has 0 radical (unpaired) electrons. The van der Waals surface area contributed by atoms with Crippen LogP contribution in [0.5, 0.6) is 0 Å². The van der Waals surface area contributed by atoms with E-state index >= 15 is 0 Å². The zero-order valence-corrected chi connectivity index (χ0v) is 10.4. The van der Waals surface area contributed by atoms with Gasteiger partial charge in [0.1, 0.15) is 0 Å². The van der Waals surface area contributed by atoms with Gasteiger partial charge in [-0.3, -0.25) is 0 Å². The molecular formula is C9H14ClF3O2S. The molecule has 1 fully saturated rings. The second-order valence-corrected chi connectivity index (χ2v) is 7.38. The molecule has 2 nitrogen and oxygen atoms in total. The lowest BCUT2D eigenvalue weighted by Crippen LogP contribution is -2.25. The van der Waals surface area contributed by atoms with Crippen molar-refractivity contribution in [1.82, 2.24) is 0 Å². The predicted molar refractivity (Wildman–Crippen MR) is 55.8 cm³/mol. The third kappa shape index (κ3) is 3.52. The molecule has 0 aliphatic heterocycles. The third-order valence-corrected chi connectivity index (χ3v) is 5.67. The average Bonchev–Trinajstić information content (AvgIpc) is 2.80. The molecule has 0 aromatic rings. The first-order chi connectivity index (χ1) is 7.10. The van der Waals surface area contributed by atoms with Gasteiger partial charge in [0, 0.05) is 17.1 Å². The Morgan fingerprint density at radius 1 is 1.38 bits per heavy atom. The molecule has 96 valence electrons. The van der Waals surface area contributed by atoms with E-state index in [4.69, 9.17) is 10.7 Å². The van der Waals surface area contributed by atoms with E-state index in [0.717, 1.165) is 0 Å². The fraction of sp³-hybridized carbons (Fsp3) is 1.00. The Balaban J connectivity index is 2.65. The van der Waals surface area contributed by atoms with E-state index in [1.165, 1.54) is 0 Å². The molecule has 0 amide bonds. The molecule has 0 heterocycles. The Morgan fingerprint density at radius 2 is 1.88 bits per heavy atom. The van der Waals surface area contributed by atoms with Crippen molar-refractivity contribution >= 4 is 19.7 Å². The maximum atomic E-state index is 12.2. The lowest BCUT2D eigenvalue weighted by molar-refractivity contribution is -0.145. The Hall–Kier alpha value is 0.0300. The number of hydrogen-bond donors (Lipinski definition) is 0. The molecule has 0 bridgehead atoms. The average molecular weight is 279 g/mol. The van der Waals surface area contributed by atoms with E-state index in [9.17, 15) is 21.6 Å². The van der Waals surface area contributed by atoms with Crippen LogP contribution in [0.1, 0.15) is 39.0 Å². The van der Waals surface area contributed by atoms with Crippen LogP contribution in [0.15, 0.2) is 0 Å². The SMILES string of the molecule is CCC(CC(F)(F)F)CC1(S(=O)(=O)Cl)CC1. The van der Waals surface area contributed by atoms with Crippen molar-refractivity contribution in [3.8, 4) is 0 Å². The van der Waals surface area contributed by atoms with Crippen LogP contribution < -0.4 is 0 Å². The van der Waals surface area contributed by atoms with Crippen molar-refractivity contribution in [2.45, 2.75) is 50.0 Å². The summed E-state index contributed by atoms with van der Waals surface area (Å²) in [6.07, 6.45) is -4.08. The van der Waals surface area contributed by atoms with Gasteiger partial charge in [-0.25, -0.2) is 8.42 Å². The van der Waals surface area contributed by atoms with Gasteiger partial charge in [-0.2, -0.15) is 13.2 Å². The maximum Gasteiger partial charge on any atom is 0.389 e.